The first-order valence-corrected chi connectivity index (χ1v) is 9.45. The van der Waals surface area contributed by atoms with E-state index in [1.807, 2.05) is 18.6 Å². The Hall–Kier alpha value is -1.79. The Bertz CT molecular complexity index is 806. The summed E-state index contributed by atoms with van der Waals surface area (Å²) in [6.07, 6.45) is 15.4. The molecule has 6 nitrogen and oxygen atoms in total. The second-order valence-corrected chi connectivity index (χ2v) is 7.25. The van der Waals surface area contributed by atoms with E-state index >= 15 is 0 Å². The number of hydrogen-bond acceptors (Lipinski definition) is 5. The van der Waals surface area contributed by atoms with Crippen molar-refractivity contribution in [3.8, 4) is 0 Å². The number of nitrogens with two attached hydrogens (primary N) is 1. The van der Waals surface area contributed by atoms with Gasteiger partial charge in [-0.15, -0.1) is 0 Å². The highest BCUT2D eigenvalue weighted by molar-refractivity contribution is 6.28. The monoisotopic (exact) mass is 358 g/mol. The number of halogens is 1. The summed E-state index contributed by atoms with van der Waals surface area (Å²) in [5.41, 5.74) is 7.61. The van der Waals surface area contributed by atoms with Gasteiger partial charge in [-0.3, -0.25) is 4.99 Å². The summed E-state index contributed by atoms with van der Waals surface area (Å²) < 4.78 is 2.18. The molecular weight excluding hydrogens is 336 g/mol. The summed E-state index contributed by atoms with van der Waals surface area (Å²) in [6, 6.07) is 0.458. The molecule has 0 saturated heterocycles. The van der Waals surface area contributed by atoms with Crippen LogP contribution in [0.4, 0.5) is 0 Å². The number of allylic oxidation sites excluding steroid dienone is 1. The first-order valence-electron chi connectivity index (χ1n) is 9.07. The van der Waals surface area contributed by atoms with Crippen LogP contribution in [0.2, 0.25) is 5.28 Å². The molecule has 3 heterocycles. The molecular formula is C18H23ClN6. The minimum Gasteiger partial charge on any atom is -0.330 e. The van der Waals surface area contributed by atoms with Crippen LogP contribution in [-0.2, 0) is 5.54 Å². The van der Waals surface area contributed by atoms with Gasteiger partial charge in [0.25, 0.3) is 0 Å². The summed E-state index contributed by atoms with van der Waals surface area (Å²) >= 11 is 6.30. The molecule has 1 atom stereocenters. The van der Waals surface area contributed by atoms with Crippen LogP contribution in [0.15, 0.2) is 23.5 Å². The van der Waals surface area contributed by atoms with Crippen molar-refractivity contribution in [3.63, 3.8) is 0 Å². The highest BCUT2D eigenvalue weighted by Gasteiger charge is 2.35. The smallest absolute Gasteiger partial charge is 0.224 e. The van der Waals surface area contributed by atoms with Crippen LogP contribution in [0.3, 0.4) is 0 Å². The van der Waals surface area contributed by atoms with Crippen LogP contribution in [0, 0.1) is 0 Å². The molecule has 2 aliphatic rings. The molecule has 7 heteroatoms. The molecule has 0 radical (unpaired) electrons. The van der Waals surface area contributed by atoms with Crippen LogP contribution < -0.4 is 5.73 Å². The SMILES string of the molecule is NCCCCC1(c2nc(Cl)nc3c2ncn3C2CCCC2)C=CC=N1. The Kier molecular flexibility index (Phi) is 4.56. The molecule has 2 aromatic heterocycles. The summed E-state index contributed by atoms with van der Waals surface area (Å²) in [7, 11) is 0. The van der Waals surface area contributed by atoms with Crippen molar-refractivity contribution >= 4 is 29.0 Å². The molecule has 2 aromatic rings. The predicted molar refractivity (Wildman–Crippen MR) is 100 cm³/mol. The topological polar surface area (TPSA) is 82.0 Å². The second kappa shape index (κ2) is 6.84. The highest BCUT2D eigenvalue weighted by Crippen LogP contribution is 2.39. The van der Waals surface area contributed by atoms with Crippen molar-refractivity contribution in [1.29, 1.82) is 0 Å². The van der Waals surface area contributed by atoms with E-state index in [0.29, 0.717) is 12.6 Å². The fourth-order valence-corrected chi connectivity index (χ4v) is 4.17. The van der Waals surface area contributed by atoms with Gasteiger partial charge < -0.3 is 10.3 Å². The lowest BCUT2D eigenvalue weighted by atomic mass is 9.89. The molecule has 0 bridgehead atoms. The van der Waals surface area contributed by atoms with E-state index in [0.717, 1.165) is 36.1 Å². The fourth-order valence-electron chi connectivity index (χ4n) is 4.01. The Morgan fingerprint density at radius 2 is 2.08 bits per heavy atom. The molecule has 1 unspecified atom stereocenters. The van der Waals surface area contributed by atoms with Crippen molar-refractivity contribution in [2.45, 2.75) is 56.5 Å². The lowest BCUT2D eigenvalue weighted by Crippen LogP contribution is -2.22. The predicted octanol–water partition coefficient (Wildman–Crippen LogP) is 3.56. The Labute approximate surface area is 152 Å². The third kappa shape index (κ3) is 2.98. The van der Waals surface area contributed by atoms with Gasteiger partial charge in [0.05, 0.1) is 6.33 Å². The molecule has 1 saturated carbocycles. The molecule has 1 aliphatic carbocycles. The van der Waals surface area contributed by atoms with Crippen molar-refractivity contribution in [3.05, 3.63) is 29.5 Å². The zero-order valence-corrected chi connectivity index (χ0v) is 15.0. The summed E-state index contributed by atoms with van der Waals surface area (Å²) in [5.74, 6) is 0. The van der Waals surface area contributed by atoms with Crippen LogP contribution in [0.1, 0.15) is 56.7 Å². The molecule has 0 amide bonds. The largest absolute Gasteiger partial charge is 0.330 e. The number of rotatable bonds is 6. The minimum atomic E-state index is -0.505. The normalized spacial score (nSPS) is 23.3. The third-order valence-electron chi connectivity index (χ3n) is 5.30. The van der Waals surface area contributed by atoms with Crippen LogP contribution in [-0.4, -0.2) is 32.3 Å². The summed E-state index contributed by atoms with van der Waals surface area (Å²) in [6.45, 7) is 0.680. The molecule has 1 aliphatic heterocycles. The van der Waals surface area contributed by atoms with E-state index in [2.05, 4.69) is 25.6 Å². The Morgan fingerprint density at radius 3 is 2.80 bits per heavy atom. The molecule has 132 valence electrons. The van der Waals surface area contributed by atoms with Crippen LogP contribution >= 0.6 is 11.6 Å². The van der Waals surface area contributed by atoms with E-state index in [4.69, 9.17) is 22.3 Å². The number of aliphatic imine (C=N–C) groups is 1. The Balaban J connectivity index is 1.80. The van der Waals surface area contributed by atoms with Crippen molar-refractivity contribution in [2.75, 3.05) is 6.54 Å². The first-order chi connectivity index (χ1) is 12.2. The van der Waals surface area contributed by atoms with Crippen LogP contribution in [0.5, 0.6) is 0 Å². The minimum absolute atomic E-state index is 0.260. The number of nitrogens with zero attached hydrogens (tertiary/aromatic N) is 5. The maximum Gasteiger partial charge on any atom is 0.224 e. The zero-order chi connectivity index (χ0) is 17.3. The fraction of sp³-hybridized carbons (Fsp3) is 0.556. The lowest BCUT2D eigenvalue weighted by Gasteiger charge is -2.24. The highest BCUT2D eigenvalue weighted by atomic mass is 35.5. The van der Waals surface area contributed by atoms with Crippen LogP contribution in [0.25, 0.3) is 11.2 Å². The number of aromatic nitrogens is 4. The Morgan fingerprint density at radius 1 is 1.24 bits per heavy atom. The number of hydrogen-bond donors (Lipinski definition) is 1. The first kappa shape index (κ1) is 16.7. The van der Waals surface area contributed by atoms with Gasteiger partial charge in [0.1, 0.15) is 16.7 Å². The molecule has 1 fully saturated rings. The van der Waals surface area contributed by atoms with Crippen molar-refractivity contribution < 1.29 is 0 Å². The summed E-state index contributed by atoms with van der Waals surface area (Å²) in [5, 5.41) is 0.260. The van der Waals surface area contributed by atoms with E-state index in [1.54, 1.807) is 0 Å². The molecule has 0 aromatic carbocycles. The molecule has 4 rings (SSSR count). The van der Waals surface area contributed by atoms with Gasteiger partial charge in [0, 0.05) is 12.3 Å². The number of fused-ring (bicyclic) bond motifs is 1. The average molecular weight is 359 g/mol. The third-order valence-corrected chi connectivity index (χ3v) is 5.47. The van der Waals surface area contributed by atoms with Crippen molar-refractivity contribution in [2.24, 2.45) is 10.7 Å². The van der Waals surface area contributed by atoms with E-state index < -0.39 is 5.54 Å². The molecule has 25 heavy (non-hydrogen) atoms. The van der Waals surface area contributed by atoms with Gasteiger partial charge in [-0.1, -0.05) is 12.8 Å². The lowest BCUT2D eigenvalue weighted by molar-refractivity contribution is 0.481. The molecule has 2 N–H and O–H groups in total. The van der Waals surface area contributed by atoms with Gasteiger partial charge >= 0.3 is 0 Å². The maximum absolute atomic E-state index is 6.30. The zero-order valence-electron chi connectivity index (χ0n) is 14.2. The quantitative estimate of drug-likeness (QED) is 0.632. The number of imidazole rings is 1. The number of unbranched alkanes of at least 4 members (excludes halogenated alkanes) is 1. The standard InChI is InChI=1S/C18H23ClN6/c19-17-23-15(18(8-3-4-10-20)9-5-11-22-18)14-16(24-17)25(12-21-14)13-6-1-2-7-13/h5,9,11-13H,1-4,6-8,10,20H2. The van der Waals surface area contributed by atoms with E-state index in [-0.39, 0.29) is 5.28 Å². The van der Waals surface area contributed by atoms with Crippen molar-refractivity contribution in [1.82, 2.24) is 19.5 Å². The van der Waals surface area contributed by atoms with Gasteiger partial charge in [0.2, 0.25) is 5.28 Å². The summed E-state index contributed by atoms with van der Waals surface area (Å²) in [4.78, 5) is 18.5. The maximum atomic E-state index is 6.30. The van der Waals surface area contributed by atoms with E-state index in [1.165, 1.54) is 25.7 Å². The second-order valence-electron chi connectivity index (χ2n) is 6.91. The van der Waals surface area contributed by atoms with Gasteiger partial charge in [-0.25, -0.2) is 9.97 Å². The van der Waals surface area contributed by atoms with Gasteiger partial charge in [-0.05, 0) is 62.4 Å². The van der Waals surface area contributed by atoms with Gasteiger partial charge in [-0.2, -0.15) is 4.98 Å². The van der Waals surface area contributed by atoms with E-state index in [9.17, 15) is 0 Å². The average Bonchev–Trinajstić information content (AvgIpc) is 3.35. The molecule has 0 spiro atoms. The van der Waals surface area contributed by atoms with Gasteiger partial charge in [0.15, 0.2) is 5.65 Å².